The Balaban J connectivity index is 1.33. The third-order valence-electron chi connectivity index (χ3n) is 5.11. The van der Waals surface area contributed by atoms with Gasteiger partial charge < -0.3 is 23.9 Å². The summed E-state index contributed by atoms with van der Waals surface area (Å²) >= 11 is 0. The van der Waals surface area contributed by atoms with E-state index in [4.69, 9.17) is 18.6 Å². The lowest BCUT2D eigenvalue weighted by Crippen LogP contribution is -2.30. The van der Waals surface area contributed by atoms with E-state index < -0.39 is 0 Å². The Labute approximate surface area is 197 Å². The van der Waals surface area contributed by atoms with Crippen molar-refractivity contribution in [2.45, 2.75) is 6.42 Å². The lowest BCUT2D eigenvalue weighted by molar-refractivity contribution is -0.123. The van der Waals surface area contributed by atoms with Crippen LogP contribution >= 0.6 is 0 Å². The molecule has 1 N–H and O–H groups in total. The molecule has 174 valence electrons. The van der Waals surface area contributed by atoms with Crippen LogP contribution in [0.2, 0.25) is 0 Å². The van der Waals surface area contributed by atoms with Gasteiger partial charge in [-0.25, -0.2) is 0 Å². The number of para-hydroxylation sites is 1. The predicted octanol–water partition coefficient (Wildman–Crippen LogP) is 4.16. The largest absolute Gasteiger partial charge is 0.493 e. The normalized spacial score (nSPS) is 10.5. The topological polar surface area (TPSA) is 95.7 Å². The summed E-state index contributed by atoms with van der Waals surface area (Å²) in [6, 6.07) is 22.4. The summed E-state index contributed by atoms with van der Waals surface area (Å²) < 4.78 is 22.2. The summed E-state index contributed by atoms with van der Waals surface area (Å²) in [4.78, 5) is 12.3. The molecule has 4 rings (SSSR count). The molecule has 0 aliphatic carbocycles. The first kappa shape index (κ1) is 22.8. The van der Waals surface area contributed by atoms with Crippen molar-refractivity contribution < 1.29 is 23.4 Å². The molecule has 0 saturated heterocycles. The number of rotatable bonds is 10. The molecule has 8 heteroatoms. The number of nitrogens with zero attached hydrogens (tertiary/aromatic N) is 2. The van der Waals surface area contributed by atoms with Crippen LogP contribution in [0.4, 0.5) is 0 Å². The van der Waals surface area contributed by atoms with Crippen LogP contribution in [-0.4, -0.2) is 43.5 Å². The van der Waals surface area contributed by atoms with Gasteiger partial charge in [0.25, 0.3) is 11.8 Å². The molecule has 0 spiro atoms. The van der Waals surface area contributed by atoms with Gasteiger partial charge in [0, 0.05) is 12.1 Å². The lowest BCUT2D eigenvalue weighted by atomic mass is 10.1. The van der Waals surface area contributed by atoms with Gasteiger partial charge in [0.2, 0.25) is 5.89 Å². The van der Waals surface area contributed by atoms with Crippen molar-refractivity contribution in [2.75, 3.05) is 27.4 Å². The van der Waals surface area contributed by atoms with E-state index in [1.54, 1.807) is 20.3 Å². The van der Waals surface area contributed by atoms with Gasteiger partial charge in [-0.05, 0) is 48.4 Å². The van der Waals surface area contributed by atoms with Gasteiger partial charge in [-0.15, -0.1) is 10.2 Å². The fourth-order valence-electron chi connectivity index (χ4n) is 3.38. The van der Waals surface area contributed by atoms with E-state index in [1.165, 1.54) is 0 Å². The molecule has 0 aliphatic rings. The number of aromatic nitrogens is 2. The Morgan fingerprint density at radius 3 is 2.38 bits per heavy atom. The third-order valence-corrected chi connectivity index (χ3v) is 5.11. The number of ether oxygens (including phenoxy) is 3. The maximum Gasteiger partial charge on any atom is 0.257 e. The maximum atomic E-state index is 12.3. The number of hydrogen-bond acceptors (Lipinski definition) is 7. The zero-order valence-corrected chi connectivity index (χ0v) is 19.0. The summed E-state index contributed by atoms with van der Waals surface area (Å²) in [6.45, 7) is 0.325. The number of nitrogens with one attached hydrogen (secondary N) is 1. The van der Waals surface area contributed by atoms with Gasteiger partial charge in [-0.3, -0.25) is 4.79 Å². The molecule has 1 heterocycles. The smallest absolute Gasteiger partial charge is 0.257 e. The van der Waals surface area contributed by atoms with Gasteiger partial charge in [-0.1, -0.05) is 36.4 Å². The SMILES string of the molecule is COc1ccc(CCNC(=O)COc2ccccc2-c2nnc(-c3ccccc3)o2)cc1OC. The maximum absolute atomic E-state index is 12.3. The average molecular weight is 460 g/mol. The number of hydrogen-bond donors (Lipinski definition) is 1. The molecule has 0 radical (unpaired) electrons. The fourth-order valence-corrected chi connectivity index (χ4v) is 3.38. The zero-order chi connectivity index (χ0) is 23.8. The summed E-state index contributed by atoms with van der Waals surface area (Å²) in [5.74, 6) is 2.32. The van der Waals surface area contributed by atoms with Gasteiger partial charge in [0.05, 0.1) is 19.8 Å². The minimum absolute atomic E-state index is 0.136. The molecular formula is C26H25N3O5. The summed E-state index contributed by atoms with van der Waals surface area (Å²) in [5, 5.41) is 11.1. The second-order valence-electron chi connectivity index (χ2n) is 7.35. The van der Waals surface area contributed by atoms with Gasteiger partial charge >= 0.3 is 0 Å². The summed E-state index contributed by atoms with van der Waals surface area (Å²) in [6.07, 6.45) is 0.646. The summed E-state index contributed by atoms with van der Waals surface area (Å²) in [7, 11) is 3.19. The van der Waals surface area contributed by atoms with Crippen molar-refractivity contribution in [2.24, 2.45) is 0 Å². The van der Waals surface area contributed by atoms with Crippen molar-refractivity contribution in [3.8, 4) is 40.2 Å². The first-order valence-corrected chi connectivity index (χ1v) is 10.8. The highest BCUT2D eigenvalue weighted by Crippen LogP contribution is 2.31. The molecule has 0 aliphatic heterocycles. The Morgan fingerprint density at radius 1 is 0.853 bits per heavy atom. The van der Waals surface area contributed by atoms with Gasteiger partial charge in [0.1, 0.15) is 5.75 Å². The van der Waals surface area contributed by atoms with Crippen molar-refractivity contribution in [3.05, 3.63) is 78.4 Å². The van der Waals surface area contributed by atoms with Gasteiger partial charge in [-0.2, -0.15) is 0 Å². The molecule has 0 saturated carbocycles. The minimum Gasteiger partial charge on any atom is -0.493 e. The van der Waals surface area contributed by atoms with E-state index in [9.17, 15) is 4.79 Å². The Kier molecular flexibility index (Phi) is 7.39. The molecule has 0 bridgehead atoms. The Bertz CT molecular complexity index is 1240. The fraction of sp³-hybridized carbons (Fsp3) is 0.192. The molecule has 1 amide bonds. The highest BCUT2D eigenvalue weighted by Gasteiger charge is 2.15. The molecule has 8 nitrogen and oxygen atoms in total. The van der Waals surface area contributed by atoms with Crippen molar-refractivity contribution in [1.82, 2.24) is 15.5 Å². The lowest BCUT2D eigenvalue weighted by Gasteiger charge is -2.11. The van der Waals surface area contributed by atoms with Crippen LogP contribution in [0, 0.1) is 0 Å². The predicted molar refractivity (Wildman–Crippen MR) is 127 cm³/mol. The molecule has 0 unspecified atom stereocenters. The van der Waals surface area contributed by atoms with Crippen molar-refractivity contribution in [1.29, 1.82) is 0 Å². The molecule has 1 aromatic heterocycles. The Morgan fingerprint density at radius 2 is 1.59 bits per heavy atom. The quantitative estimate of drug-likeness (QED) is 0.380. The second kappa shape index (κ2) is 11.0. The molecule has 3 aromatic carbocycles. The summed E-state index contributed by atoms with van der Waals surface area (Å²) in [5.41, 5.74) is 2.47. The van der Waals surface area contributed by atoms with Crippen molar-refractivity contribution >= 4 is 5.91 Å². The van der Waals surface area contributed by atoms with Crippen molar-refractivity contribution in [3.63, 3.8) is 0 Å². The van der Waals surface area contributed by atoms with E-state index in [-0.39, 0.29) is 12.5 Å². The highest BCUT2D eigenvalue weighted by molar-refractivity contribution is 5.78. The number of benzene rings is 3. The molecule has 34 heavy (non-hydrogen) atoms. The molecule has 0 fully saturated rings. The van der Waals surface area contributed by atoms with Crippen LogP contribution < -0.4 is 19.5 Å². The van der Waals surface area contributed by atoms with E-state index in [0.717, 1.165) is 11.1 Å². The first-order chi connectivity index (χ1) is 16.7. The van der Waals surface area contributed by atoms with E-state index in [1.807, 2.05) is 66.7 Å². The van der Waals surface area contributed by atoms with Crippen LogP contribution in [0.3, 0.4) is 0 Å². The second-order valence-corrected chi connectivity index (χ2v) is 7.35. The van der Waals surface area contributed by atoms with Crippen LogP contribution in [0.25, 0.3) is 22.9 Å². The van der Waals surface area contributed by atoms with Gasteiger partial charge in [0.15, 0.2) is 18.1 Å². The zero-order valence-electron chi connectivity index (χ0n) is 19.0. The standard InChI is InChI=1S/C26H25N3O5/c1-31-22-13-12-18(16-23(22)32-2)14-15-27-24(30)17-33-21-11-7-6-10-20(21)26-29-28-25(34-26)19-8-4-3-5-9-19/h3-13,16H,14-15,17H2,1-2H3,(H,27,30). The Hall–Kier alpha value is -4.33. The molecular weight excluding hydrogens is 434 g/mol. The van der Waals surface area contributed by atoms with Crippen LogP contribution in [0.15, 0.2) is 77.2 Å². The number of amides is 1. The number of carbonyl (C=O) groups excluding carboxylic acids is 1. The highest BCUT2D eigenvalue weighted by atomic mass is 16.5. The minimum atomic E-state index is -0.231. The molecule has 0 atom stereocenters. The third kappa shape index (κ3) is 5.53. The molecule has 4 aromatic rings. The number of carbonyl (C=O) groups is 1. The average Bonchev–Trinajstić information content (AvgIpc) is 3.38. The van der Waals surface area contributed by atoms with E-state index in [0.29, 0.717) is 47.6 Å². The first-order valence-electron chi connectivity index (χ1n) is 10.8. The number of methoxy groups -OCH3 is 2. The van der Waals surface area contributed by atoms with Crippen LogP contribution in [0.5, 0.6) is 17.2 Å². The van der Waals surface area contributed by atoms with Crippen LogP contribution in [0.1, 0.15) is 5.56 Å². The van der Waals surface area contributed by atoms with E-state index >= 15 is 0 Å². The van der Waals surface area contributed by atoms with E-state index in [2.05, 4.69) is 15.5 Å². The van der Waals surface area contributed by atoms with Crippen LogP contribution in [-0.2, 0) is 11.2 Å². The monoisotopic (exact) mass is 459 g/mol.